The summed E-state index contributed by atoms with van der Waals surface area (Å²) >= 11 is 0. The van der Waals surface area contributed by atoms with Crippen molar-refractivity contribution in [2.24, 2.45) is 0 Å². The van der Waals surface area contributed by atoms with Crippen molar-refractivity contribution >= 4 is 11.4 Å². The van der Waals surface area contributed by atoms with Crippen LogP contribution in [0, 0.1) is 20.8 Å². The predicted molar refractivity (Wildman–Crippen MR) is 88.7 cm³/mol. The van der Waals surface area contributed by atoms with E-state index in [0.717, 1.165) is 12.2 Å². The van der Waals surface area contributed by atoms with E-state index in [1.165, 1.54) is 27.9 Å². The molecule has 0 unspecified atom stereocenters. The van der Waals surface area contributed by atoms with Crippen molar-refractivity contribution in [3.05, 3.63) is 58.7 Å². The fraction of sp³-hybridized carbons (Fsp3) is 0.333. The molecule has 106 valence electrons. The average molecular weight is 268 g/mol. The molecule has 0 radical (unpaired) electrons. The van der Waals surface area contributed by atoms with Crippen LogP contribution < -0.4 is 10.2 Å². The molecule has 0 aromatic heterocycles. The van der Waals surface area contributed by atoms with Crippen LogP contribution in [-0.4, -0.2) is 14.1 Å². The van der Waals surface area contributed by atoms with Crippen molar-refractivity contribution in [3.8, 4) is 0 Å². The maximum Gasteiger partial charge on any atom is 0.0427 e. The molecule has 0 fully saturated rings. The standard InChI is InChI=1S/C18H24N2/c1-13-9-10-18(15(3)14(13)2)20(5)12-16-7-6-8-17(11-16)19-4/h6-11,19H,12H2,1-5H3. The van der Waals surface area contributed by atoms with Gasteiger partial charge in [0, 0.05) is 32.0 Å². The second kappa shape index (κ2) is 6.00. The van der Waals surface area contributed by atoms with Gasteiger partial charge in [-0.15, -0.1) is 0 Å². The van der Waals surface area contributed by atoms with Gasteiger partial charge in [-0.3, -0.25) is 0 Å². The van der Waals surface area contributed by atoms with Crippen LogP contribution in [0.5, 0.6) is 0 Å². The quantitative estimate of drug-likeness (QED) is 0.890. The molecule has 0 amide bonds. The van der Waals surface area contributed by atoms with Gasteiger partial charge in [0.25, 0.3) is 0 Å². The minimum atomic E-state index is 0.916. The minimum absolute atomic E-state index is 0.916. The summed E-state index contributed by atoms with van der Waals surface area (Å²) < 4.78 is 0. The fourth-order valence-corrected chi connectivity index (χ4v) is 2.54. The summed E-state index contributed by atoms with van der Waals surface area (Å²) in [6, 6.07) is 13.0. The monoisotopic (exact) mass is 268 g/mol. The molecule has 0 saturated heterocycles. The topological polar surface area (TPSA) is 15.3 Å². The smallest absolute Gasteiger partial charge is 0.0427 e. The number of aryl methyl sites for hydroxylation is 1. The third-order valence-electron chi connectivity index (χ3n) is 4.08. The molecule has 0 spiro atoms. The molecule has 2 aromatic rings. The van der Waals surface area contributed by atoms with Crippen molar-refractivity contribution in [1.82, 2.24) is 0 Å². The Bertz CT molecular complexity index is 602. The Morgan fingerprint density at radius 3 is 2.45 bits per heavy atom. The molecule has 0 atom stereocenters. The number of nitrogens with one attached hydrogen (secondary N) is 1. The minimum Gasteiger partial charge on any atom is -0.388 e. The van der Waals surface area contributed by atoms with E-state index in [2.05, 4.69) is 74.4 Å². The molecule has 0 bridgehead atoms. The van der Waals surface area contributed by atoms with Crippen molar-refractivity contribution in [1.29, 1.82) is 0 Å². The maximum absolute atomic E-state index is 3.19. The zero-order chi connectivity index (χ0) is 14.7. The van der Waals surface area contributed by atoms with Crippen LogP contribution in [0.4, 0.5) is 11.4 Å². The highest BCUT2D eigenvalue weighted by molar-refractivity contribution is 5.58. The van der Waals surface area contributed by atoms with Crippen LogP contribution in [0.2, 0.25) is 0 Å². The Morgan fingerprint density at radius 1 is 1.00 bits per heavy atom. The van der Waals surface area contributed by atoms with E-state index < -0.39 is 0 Å². The van der Waals surface area contributed by atoms with Crippen LogP contribution >= 0.6 is 0 Å². The molecule has 2 nitrogen and oxygen atoms in total. The lowest BCUT2D eigenvalue weighted by Crippen LogP contribution is -2.18. The molecule has 1 N–H and O–H groups in total. The van der Waals surface area contributed by atoms with E-state index in [1.807, 2.05) is 7.05 Å². The Morgan fingerprint density at radius 2 is 1.75 bits per heavy atom. The fourth-order valence-electron chi connectivity index (χ4n) is 2.54. The van der Waals surface area contributed by atoms with Crippen LogP contribution in [0.25, 0.3) is 0 Å². The average Bonchev–Trinajstić information content (AvgIpc) is 2.45. The third-order valence-corrected chi connectivity index (χ3v) is 4.08. The number of hydrogen-bond acceptors (Lipinski definition) is 2. The first-order chi connectivity index (χ1) is 9.52. The predicted octanol–water partition coefficient (Wildman–Crippen LogP) is 4.29. The van der Waals surface area contributed by atoms with Gasteiger partial charge in [-0.2, -0.15) is 0 Å². The van der Waals surface area contributed by atoms with Crippen molar-refractivity contribution < 1.29 is 0 Å². The number of benzene rings is 2. The number of nitrogens with zero attached hydrogens (tertiary/aromatic N) is 1. The maximum atomic E-state index is 3.19. The van der Waals surface area contributed by atoms with E-state index in [-0.39, 0.29) is 0 Å². The van der Waals surface area contributed by atoms with E-state index in [1.54, 1.807) is 0 Å². The number of anilines is 2. The first-order valence-corrected chi connectivity index (χ1v) is 7.07. The molecule has 0 saturated carbocycles. The molecule has 0 aliphatic heterocycles. The van der Waals surface area contributed by atoms with Crippen LogP contribution in [0.1, 0.15) is 22.3 Å². The van der Waals surface area contributed by atoms with Crippen LogP contribution in [-0.2, 0) is 6.54 Å². The highest BCUT2D eigenvalue weighted by atomic mass is 15.1. The van der Waals surface area contributed by atoms with Gasteiger partial charge in [0.1, 0.15) is 0 Å². The number of rotatable bonds is 4. The van der Waals surface area contributed by atoms with Gasteiger partial charge in [0.05, 0.1) is 0 Å². The summed E-state index contributed by atoms with van der Waals surface area (Å²) in [6.45, 7) is 7.49. The van der Waals surface area contributed by atoms with E-state index >= 15 is 0 Å². The second-order valence-corrected chi connectivity index (χ2v) is 5.46. The lowest BCUT2D eigenvalue weighted by molar-refractivity contribution is 0.914. The van der Waals surface area contributed by atoms with E-state index in [4.69, 9.17) is 0 Å². The summed E-state index contributed by atoms with van der Waals surface area (Å²) in [6.07, 6.45) is 0. The van der Waals surface area contributed by atoms with Crippen molar-refractivity contribution in [3.63, 3.8) is 0 Å². The number of hydrogen-bond donors (Lipinski definition) is 1. The molecule has 2 rings (SSSR count). The Balaban J connectivity index is 2.23. The normalized spacial score (nSPS) is 10.4. The SMILES string of the molecule is CNc1cccc(CN(C)c2ccc(C)c(C)c2C)c1. The van der Waals surface area contributed by atoms with Gasteiger partial charge in [-0.25, -0.2) is 0 Å². The molecule has 2 aromatic carbocycles. The highest BCUT2D eigenvalue weighted by Crippen LogP contribution is 2.26. The summed E-state index contributed by atoms with van der Waals surface area (Å²) in [4.78, 5) is 2.32. The largest absolute Gasteiger partial charge is 0.388 e. The van der Waals surface area contributed by atoms with Gasteiger partial charge in [-0.1, -0.05) is 18.2 Å². The van der Waals surface area contributed by atoms with Crippen LogP contribution in [0.3, 0.4) is 0 Å². The van der Waals surface area contributed by atoms with Gasteiger partial charge in [-0.05, 0) is 61.2 Å². The second-order valence-electron chi connectivity index (χ2n) is 5.46. The molecular weight excluding hydrogens is 244 g/mol. The van der Waals surface area contributed by atoms with Gasteiger partial charge in [0.15, 0.2) is 0 Å². The third kappa shape index (κ3) is 2.96. The molecule has 0 aliphatic carbocycles. The molecular formula is C18H24N2. The van der Waals surface area contributed by atoms with Crippen LogP contribution in [0.15, 0.2) is 36.4 Å². The van der Waals surface area contributed by atoms with E-state index in [0.29, 0.717) is 0 Å². The highest BCUT2D eigenvalue weighted by Gasteiger charge is 2.08. The Hall–Kier alpha value is -1.96. The van der Waals surface area contributed by atoms with Gasteiger partial charge >= 0.3 is 0 Å². The molecule has 0 heterocycles. The lowest BCUT2D eigenvalue weighted by atomic mass is 10.0. The first kappa shape index (κ1) is 14.4. The zero-order valence-corrected chi connectivity index (χ0v) is 13.1. The Labute approximate surface area is 122 Å². The van der Waals surface area contributed by atoms with Crippen molar-refractivity contribution in [2.75, 3.05) is 24.3 Å². The summed E-state index contributed by atoms with van der Waals surface area (Å²) in [7, 11) is 4.11. The van der Waals surface area contributed by atoms with Gasteiger partial charge < -0.3 is 10.2 Å². The lowest BCUT2D eigenvalue weighted by Gasteiger charge is -2.23. The van der Waals surface area contributed by atoms with E-state index in [9.17, 15) is 0 Å². The molecule has 0 aliphatic rings. The molecule has 20 heavy (non-hydrogen) atoms. The summed E-state index contributed by atoms with van der Waals surface area (Å²) in [5.41, 5.74) is 7.90. The first-order valence-electron chi connectivity index (χ1n) is 7.07. The summed E-state index contributed by atoms with van der Waals surface area (Å²) in [5, 5.41) is 3.19. The molecule has 2 heteroatoms. The zero-order valence-electron chi connectivity index (χ0n) is 13.1. The van der Waals surface area contributed by atoms with Gasteiger partial charge in [0.2, 0.25) is 0 Å². The summed E-state index contributed by atoms with van der Waals surface area (Å²) in [5.74, 6) is 0. The van der Waals surface area contributed by atoms with Crippen molar-refractivity contribution in [2.45, 2.75) is 27.3 Å². The Kier molecular flexibility index (Phi) is 4.33.